The molecule has 0 saturated heterocycles. The van der Waals surface area contributed by atoms with E-state index < -0.39 is 34.8 Å². The Morgan fingerprint density at radius 1 is 1.00 bits per heavy atom. The van der Waals surface area contributed by atoms with Crippen LogP contribution < -0.4 is 10.6 Å². The summed E-state index contributed by atoms with van der Waals surface area (Å²) < 4.78 is 17.2. The van der Waals surface area contributed by atoms with Crippen LogP contribution in [0.1, 0.15) is 22.0 Å². The lowest BCUT2D eigenvalue weighted by Gasteiger charge is -2.18. The fraction of sp³-hybridized carbons (Fsp3) is 0.167. The van der Waals surface area contributed by atoms with Gasteiger partial charge in [-0.1, -0.05) is 42.5 Å². The highest BCUT2D eigenvalue weighted by Crippen LogP contribution is 2.22. The van der Waals surface area contributed by atoms with E-state index in [1.807, 2.05) is 0 Å². The first-order valence-electron chi connectivity index (χ1n) is 7.65. The molecular weight excluding hydrogens is 356 g/mol. The van der Waals surface area contributed by atoms with Crippen molar-refractivity contribution in [2.75, 3.05) is 13.3 Å². The zero-order valence-electron chi connectivity index (χ0n) is 14.2. The second-order valence-electron chi connectivity index (χ2n) is 5.21. The Morgan fingerprint density at radius 3 is 2.23 bits per heavy atom. The van der Waals surface area contributed by atoms with Gasteiger partial charge in [0.15, 0.2) is 0 Å². The molecule has 0 aliphatic rings. The van der Waals surface area contributed by atoms with Gasteiger partial charge in [-0.3, -0.25) is 14.3 Å². The number of amides is 3. The largest absolute Gasteiger partial charge is 0.444 e. The van der Waals surface area contributed by atoms with Gasteiger partial charge < -0.3 is 10.1 Å². The molecule has 2 N–H and O–H groups in total. The third kappa shape index (κ3) is 4.76. The number of rotatable bonds is 5. The highest BCUT2D eigenvalue weighted by molar-refractivity contribution is 7.84. The predicted molar refractivity (Wildman–Crippen MR) is 96.0 cm³/mol. The molecule has 8 heteroatoms. The molecule has 26 heavy (non-hydrogen) atoms. The first-order chi connectivity index (χ1) is 12.4. The van der Waals surface area contributed by atoms with Crippen molar-refractivity contribution in [2.24, 2.45) is 0 Å². The fourth-order valence-electron chi connectivity index (χ4n) is 2.20. The molecule has 0 fully saturated rings. The lowest BCUT2D eigenvalue weighted by atomic mass is 10.1. The molecule has 2 aromatic carbocycles. The molecule has 2 rings (SSSR count). The molecular formula is C18H18N2O5S. The molecule has 0 aromatic heterocycles. The van der Waals surface area contributed by atoms with E-state index in [2.05, 4.69) is 10.6 Å². The van der Waals surface area contributed by atoms with Crippen LogP contribution in [0.5, 0.6) is 0 Å². The smallest absolute Gasteiger partial charge is 0.340 e. The molecule has 0 radical (unpaired) electrons. The number of ether oxygens (including phenoxy) is 1. The summed E-state index contributed by atoms with van der Waals surface area (Å²) in [5, 5.41) is 4.36. The average Bonchev–Trinajstić information content (AvgIpc) is 2.66. The monoisotopic (exact) mass is 374 g/mol. The van der Waals surface area contributed by atoms with Crippen molar-refractivity contribution in [3.05, 3.63) is 65.7 Å². The van der Waals surface area contributed by atoms with E-state index in [0.29, 0.717) is 10.5 Å². The van der Waals surface area contributed by atoms with Crippen LogP contribution in [0.15, 0.2) is 59.5 Å². The minimum absolute atomic E-state index is 0.0991. The van der Waals surface area contributed by atoms with Crippen LogP contribution in [0.3, 0.4) is 0 Å². The van der Waals surface area contributed by atoms with Crippen LogP contribution in [0, 0.1) is 0 Å². The van der Waals surface area contributed by atoms with Gasteiger partial charge in [0.1, 0.15) is 0 Å². The number of imide groups is 1. The van der Waals surface area contributed by atoms with E-state index in [9.17, 15) is 18.6 Å². The fourth-order valence-corrected chi connectivity index (χ4v) is 2.93. The third-order valence-electron chi connectivity index (χ3n) is 3.45. The summed E-state index contributed by atoms with van der Waals surface area (Å²) in [6.07, 6.45) is 0.110. The number of hydrogen-bond acceptors (Lipinski definition) is 5. The molecule has 0 spiro atoms. The first-order valence-corrected chi connectivity index (χ1v) is 9.20. The average molecular weight is 374 g/mol. The van der Waals surface area contributed by atoms with Crippen molar-refractivity contribution in [3.63, 3.8) is 0 Å². The quantitative estimate of drug-likeness (QED) is 0.777. The van der Waals surface area contributed by atoms with E-state index in [4.69, 9.17) is 4.74 Å². The predicted octanol–water partition coefficient (Wildman–Crippen LogP) is 1.78. The van der Waals surface area contributed by atoms with Gasteiger partial charge in [-0.05, 0) is 12.1 Å². The number of nitrogens with one attached hydrogen (secondary N) is 2. The summed E-state index contributed by atoms with van der Waals surface area (Å²) in [5.41, 5.74) is 0.499. The van der Waals surface area contributed by atoms with Gasteiger partial charge in [-0.2, -0.15) is 0 Å². The van der Waals surface area contributed by atoms with Crippen molar-refractivity contribution in [1.29, 1.82) is 0 Å². The van der Waals surface area contributed by atoms with Crippen LogP contribution in [-0.4, -0.2) is 35.4 Å². The zero-order valence-corrected chi connectivity index (χ0v) is 15.0. The molecule has 0 aliphatic carbocycles. The SMILES string of the molecule is CNC(=O)NC(=O)[C@H](OC(=O)c1ccccc1[S@](C)=O)c1ccccc1. The third-order valence-corrected chi connectivity index (χ3v) is 4.42. The summed E-state index contributed by atoms with van der Waals surface area (Å²) >= 11 is 0. The van der Waals surface area contributed by atoms with E-state index in [1.165, 1.54) is 19.4 Å². The number of carbonyl (C=O) groups excluding carboxylic acids is 3. The van der Waals surface area contributed by atoms with Gasteiger partial charge in [0.25, 0.3) is 5.91 Å². The van der Waals surface area contributed by atoms with E-state index in [1.54, 1.807) is 48.5 Å². The highest BCUT2D eigenvalue weighted by Gasteiger charge is 2.28. The molecule has 0 unspecified atom stereocenters. The molecule has 2 atom stereocenters. The highest BCUT2D eigenvalue weighted by atomic mass is 32.2. The van der Waals surface area contributed by atoms with Gasteiger partial charge in [0.05, 0.1) is 21.3 Å². The van der Waals surface area contributed by atoms with Crippen LogP contribution in [0.2, 0.25) is 0 Å². The second kappa shape index (κ2) is 8.91. The van der Waals surface area contributed by atoms with Gasteiger partial charge in [0, 0.05) is 18.9 Å². The number of urea groups is 1. The molecule has 136 valence electrons. The van der Waals surface area contributed by atoms with Gasteiger partial charge in [-0.25, -0.2) is 9.59 Å². The maximum absolute atomic E-state index is 12.6. The zero-order chi connectivity index (χ0) is 19.1. The van der Waals surface area contributed by atoms with E-state index >= 15 is 0 Å². The van der Waals surface area contributed by atoms with Crippen molar-refractivity contribution < 1.29 is 23.3 Å². The number of esters is 1. The van der Waals surface area contributed by atoms with E-state index in [-0.39, 0.29) is 5.56 Å². The standard InChI is InChI=1S/C18H18N2O5S/c1-19-18(23)20-16(21)15(12-8-4-3-5-9-12)25-17(22)13-10-6-7-11-14(13)26(2)24/h3-11,15H,1-2H3,(H2,19,20,21,23)/t15-,26+/m1/s1. The first kappa shape index (κ1) is 19.3. The molecule has 7 nitrogen and oxygen atoms in total. The molecule has 2 aromatic rings. The topological polar surface area (TPSA) is 102 Å². The number of benzene rings is 2. The van der Waals surface area contributed by atoms with Crippen molar-refractivity contribution in [3.8, 4) is 0 Å². The van der Waals surface area contributed by atoms with E-state index in [0.717, 1.165) is 0 Å². The summed E-state index contributed by atoms with van der Waals surface area (Å²) in [4.78, 5) is 36.7. The Kier molecular flexibility index (Phi) is 6.62. The minimum atomic E-state index is -1.41. The number of hydrogen-bond donors (Lipinski definition) is 2. The van der Waals surface area contributed by atoms with Crippen LogP contribution in [0.25, 0.3) is 0 Å². The Labute approximate surface area is 153 Å². The van der Waals surface area contributed by atoms with Crippen LogP contribution in [0.4, 0.5) is 4.79 Å². The Morgan fingerprint density at radius 2 is 1.62 bits per heavy atom. The maximum atomic E-state index is 12.6. The summed E-state index contributed by atoms with van der Waals surface area (Å²) in [7, 11) is -0.0471. The van der Waals surface area contributed by atoms with Crippen LogP contribution >= 0.6 is 0 Å². The minimum Gasteiger partial charge on any atom is -0.444 e. The van der Waals surface area contributed by atoms with Crippen molar-refractivity contribution in [1.82, 2.24) is 10.6 Å². The Bertz CT molecular complexity index is 838. The van der Waals surface area contributed by atoms with Gasteiger partial charge >= 0.3 is 12.0 Å². The lowest BCUT2D eigenvalue weighted by Crippen LogP contribution is -2.41. The summed E-state index contributed by atoms with van der Waals surface area (Å²) in [6, 6.07) is 13.9. The number of carbonyl (C=O) groups is 3. The molecule has 0 aliphatic heterocycles. The van der Waals surface area contributed by atoms with Crippen molar-refractivity contribution >= 4 is 28.7 Å². The molecule has 0 saturated carbocycles. The maximum Gasteiger partial charge on any atom is 0.340 e. The lowest BCUT2D eigenvalue weighted by molar-refractivity contribution is -0.129. The normalized spacial score (nSPS) is 12.5. The van der Waals surface area contributed by atoms with Gasteiger partial charge in [-0.15, -0.1) is 0 Å². The second-order valence-corrected chi connectivity index (χ2v) is 6.56. The molecule has 0 heterocycles. The summed E-state index contributed by atoms with van der Waals surface area (Å²) in [6.45, 7) is 0. The summed E-state index contributed by atoms with van der Waals surface area (Å²) in [5.74, 6) is -1.60. The molecule has 0 bridgehead atoms. The van der Waals surface area contributed by atoms with Gasteiger partial charge in [0.2, 0.25) is 6.10 Å². The van der Waals surface area contributed by atoms with Crippen LogP contribution in [-0.2, 0) is 20.3 Å². The Hall–Kier alpha value is -3.00. The Balaban J connectivity index is 2.32. The van der Waals surface area contributed by atoms with Crippen molar-refractivity contribution in [2.45, 2.75) is 11.0 Å². The molecule has 3 amide bonds.